The molecule has 1 rings (SSSR count). The van der Waals surface area contributed by atoms with Crippen molar-refractivity contribution >= 4 is 0 Å². The molecule has 0 aliphatic heterocycles. The first-order valence-corrected chi connectivity index (χ1v) is 6.71. The third-order valence-corrected chi connectivity index (χ3v) is 3.33. The Kier molecular flexibility index (Phi) is 7.13. The molecule has 0 saturated heterocycles. The van der Waals surface area contributed by atoms with Gasteiger partial charge in [-0.1, -0.05) is 43.4 Å². The highest BCUT2D eigenvalue weighted by atomic mass is 15.1. The SMILES string of the molecule is C=C(C)C(=C)C.C=C(CC)C(C)n1c(C)cnc1C. The minimum atomic E-state index is 0.368. The first-order valence-electron chi connectivity index (χ1n) is 6.71. The van der Waals surface area contributed by atoms with E-state index in [0.29, 0.717) is 6.04 Å². The molecular weight excluding hydrogens is 232 g/mol. The normalized spacial score (nSPS) is 11.3. The number of aryl methyl sites for hydroxylation is 2. The number of nitrogens with zero attached hydrogens (tertiary/aromatic N) is 2. The van der Waals surface area contributed by atoms with E-state index in [1.807, 2.05) is 27.0 Å². The third-order valence-electron chi connectivity index (χ3n) is 3.33. The van der Waals surface area contributed by atoms with Gasteiger partial charge in [-0.05, 0) is 41.0 Å². The summed E-state index contributed by atoms with van der Waals surface area (Å²) in [6.45, 7) is 23.7. The summed E-state index contributed by atoms with van der Waals surface area (Å²) in [5.74, 6) is 1.07. The van der Waals surface area contributed by atoms with Crippen LogP contribution >= 0.6 is 0 Å². The first kappa shape index (κ1) is 17.4. The van der Waals surface area contributed by atoms with E-state index in [4.69, 9.17) is 0 Å². The second-order valence-electron chi connectivity index (χ2n) is 5.07. The average molecular weight is 260 g/mol. The molecule has 0 fully saturated rings. The molecule has 1 aromatic rings. The van der Waals surface area contributed by atoms with Gasteiger partial charge in [-0.25, -0.2) is 4.98 Å². The monoisotopic (exact) mass is 260 g/mol. The first-order chi connectivity index (χ1) is 8.72. The van der Waals surface area contributed by atoms with E-state index in [1.54, 1.807) is 0 Å². The van der Waals surface area contributed by atoms with Crippen LogP contribution in [-0.2, 0) is 0 Å². The van der Waals surface area contributed by atoms with Gasteiger partial charge >= 0.3 is 0 Å². The predicted molar refractivity (Wildman–Crippen MR) is 85.5 cm³/mol. The van der Waals surface area contributed by atoms with Crippen LogP contribution in [0.3, 0.4) is 0 Å². The lowest BCUT2D eigenvalue weighted by Crippen LogP contribution is -2.10. The lowest BCUT2D eigenvalue weighted by Gasteiger charge is -2.18. The van der Waals surface area contributed by atoms with Crippen molar-refractivity contribution in [2.45, 2.75) is 54.0 Å². The van der Waals surface area contributed by atoms with Crippen LogP contribution in [0, 0.1) is 13.8 Å². The zero-order valence-electron chi connectivity index (χ0n) is 13.4. The number of allylic oxidation sites excluding steroid dienone is 3. The van der Waals surface area contributed by atoms with Crippen LogP contribution in [0.5, 0.6) is 0 Å². The number of aromatic nitrogens is 2. The molecule has 0 amide bonds. The summed E-state index contributed by atoms with van der Waals surface area (Å²) in [4.78, 5) is 4.28. The lowest BCUT2D eigenvalue weighted by atomic mass is 10.1. The standard InChI is InChI=1S/C11H18N2.C6H10/c1-6-8(2)10(4)13-9(3)7-12-11(13)5;1-5(2)6(3)4/h7,10H,2,6H2,1,3-5H3;1,3H2,2,4H3. The minimum Gasteiger partial charge on any atom is -0.326 e. The van der Waals surface area contributed by atoms with Gasteiger partial charge in [0.05, 0.1) is 6.04 Å². The maximum atomic E-state index is 4.28. The van der Waals surface area contributed by atoms with E-state index in [2.05, 4.69) is 50.1 Å². The Labute approximate surface area is 118 Å². The van der Waals surface area contributed by atoms with Crippen LogP contribution in [-0.4, -0.2) is 9.55 Å². The fourth-order valence-corrected chi connectivity index (χ4v) is 1.63. The molecule has 0 radical (unpaired) electrons. The van der Waals surface area contributed by atoms with Crippen LogP contribution in [0.25, 0.3) is 0 Å². The van der Waals surface area contributed by atoms with Crippen molar-refractivity contribution in [2.75, 3.05) is 0 Å². The van der Waals surface area contributed by atoms with Gasteiger partial charge in [0.1, 0.15) is 5.82 Å². The van der Waals surface area contributed by atoms with Gasteiger partial charge in [-0.2, -0.15) is 0 Å². The highest BCUT2D eigenvalue weighted by Gasteiger charge is 2.11. The van der Waals surface area contributed by atoms with Crippen molar-refractivity contribution in [1.29, 1.82) is 0 Å². The molecule has 0 spiro atoms. The Bertz CT molecular complexity index is 432. The van der Waals surface area contributed by atoms with Gasteiger partial charge in [0.15, 0.2) is 0 Å². The van der Waals surface area contributed by atoms with E-state index in [0.717, 1.165) is 23.4 Å². The topological polar surface area (TPSA) is 17.8 Å². The van der Waals surface area contributed by atoms with Crippen molar-refractivity contribution in [1.82, 2.24) is 9.55 Å². The zero-order valence-corrected chi connectivity index (χ0v) is 13.4. The molecule has 0 saturated carbocycles. The second kappa shape index (κ2) is 7.78. The van der Waals surface area contributed by atoms with Gasteiger partial charge in [0, 0.05) is 11.9 Å². The van der Waals surface area contributed by atoms with Gasteiger partial charge < -0.3 is 4.57 Å². The van der Waals surface area contributed by atoms with Crippen LogP contribution in [0.15, 0.2) is 42.7 Å². The number of hydrogen-bond acceptors (Lipinski definition) is 1. The van der Waals surface area contributed by atoms with Crippen LogP contribution in [0.1, 0.15) is 51.7 Å². The lowest BCUT2D eigenvalue weighted by molar-refractivity contribution is 0.580. The molecule has 2 heteroatoms. The van der Waals surface area contributed by atoms with Gasteiger partial charge in [-0.15, -0.1) is 0 Å². The highest BCUT2D eigenvalue weighted by Crippen LogP contribution is 2.21. The Morgan fingerprint density at radius 1 is 1.21 bits per heavy atom. The van der Waals surface area contributed by atoms with Crippen molar-refractivity contribution in [3.8, 4) is 0 Å². The summed E-state index contributed by atoms with van der Waals surface area (Å²) in [5, 5.41) is 0. The number of rotatable bonds is 4. The maximum Gasteiger partial charge on any atom is 0.106 e. The van der Waals surface area contributed by atoms with Crippen LogP contribution < -0.4 is 0 Å². The smallest absolute Gasteiger partial charge is 0.106 e. The second-order valence-corrected chi connectivity index (χ2v) is 5.07. The Morgan fingerprint density at radius 2 is 1.68 bits per heavy atom. The van der Waals surface area contributed by atoms with Gasteiger partial charge in [0.25, 0.3) is 0 Å². The van der Waals surface area contributed by atoms with E-state index in [-0.39, 0.29) is 0 Å². The van der Waals surface area contributed by atoms with Gasteiger partial charge in [-0.3, -0.25) is 0 Å². The summed E-state index contributed by atoms with van der Waals surface area (Å²) >= 11 is 0. The summed E-state index contributed by atoms with van der Waals surface area (Å²) in [5.41, 5.74) is 4.59. The minimum absolute atomic E-state index is 0.368. The molecule has 0 aliphatic rings. The number of imidazole rings is 1. The predicted octanol–water partition coefficient (Wildman–Crippen LogP) is 5.17. The van der Waals surface area contributed by atoms with Crippen molar-refractivity contribution in [3.63, 3.8) is 0 Å². The molecule has 1 unspecified atom stereocenters. The molecule has 0 N–H and O–H groups in total. The fourth-order valence-electron chi connectivity index (χ4n) is 1.63. The molecule has 2 nitrogen and oxygen atoms in total. The van der Waals surface area contributed by atoms with Crippen molar-refractivity contribution in [2.24, 2.45) is 0 Å². The van der Waals surface area contributed by atoms with Crippen LogP contribution in [0.4, 0.5) is 0 Å². The van der Waals surface area contributed by atoms with E-state index in [9.17, 15) is 0 Å². The summed E-state index contributed by atoms with van der Waals surface area (Å²) in [6, 6.07) is 0.368. The van der Waals surface area contributed by atoms with Crippen molar-refractivity contribution in [3.05, 3.63) is 54.2 Å². The van der Waals surface area contributed by atoms with E-state index in [1.165, 1.54) is 11.3 Å². The molecule has 0 aliphatic carbocycles. The quantitative estimate of drug-likeness (QED) is 0.539. The number of hydrogen-bond donors (Lipinski definition) is 0. The zero-order chi connectivity index (χ0) is 15.2. The maximum absolute atomic E-state index is 4.28. The molecule has 1 aromatic heterocycles. The molecule has 0 bridgehead atoms. The molecule has 1 atom stereocenters. The van der Waals surface area contributed by atoms with Gasteiger partial charge in [0.2, 0.25) is 0 Å². The molecular formula is C17H28N2. The average Bonchev–Trinajstić information content (AvgIpc) is 2.67. The summed E-state index contributed by atoms with van der Waals surface area (Å²) < 4.78 is 2.23. The molecule has 1 heterocycles. The summed E-state index contributed by atoms with van der Waals surface area (Å²) in [7, 11) is 0. The molecule has 19 heavy (non-hydrogen) atoms. The molecule has 0 aromatic carbocycles. The fraction of sp³-hybridized carbons (Fsp3) is 0.471. The third kappa shape index (κ3) is 5.29. The van der Waals surface area contributed by atoms with Crippen LogP contribution in [0.2, 0.25) is 0 Å². The Balaban J connectivity index is 0.000000459. The highest BCUT2D eigenvalue weighted by molar-refractivity contribution is 5.19. The Morgan fingerprint density at radius 3 is 1.95 bits per heavy atom. The molecule has 106 valence electrons. The van der Waals surface area contributed by atoms with Crippen molar-refractivity contribution < 1.29 is 0 Å². The van der Waals surface area contributed by atoms with E-state index >= 15 is 0 Å². The van der Waals surface area contributed by atoms with E-state index < -0.39 is 0 Å². The summed E-state index contributed by atoms with van der Waals surface area (Å²) in [6.07, 6.45) is 2.94. The Hall–Kier alpha value is -1.57. The largest absolute Gasteiger partial charge is 0.326 e.